The third-order valence-corrected chi connectivity index (χ3v) is 2.59. The maximum absolute atomic E-state index is 13.3. The first kappa shape index (κ1) is 12.3. The minimum Gasteiger partial charge on any atom is -0.496 e. The Bertz CT molecular complexity index is 561. The zero-order chi connectivity index (χ0) is 13.3. The van der Waals surface area contributed by atoms with Crippen LogP contribution >= 0.6 is 0 Å². The van der Waals surface area contributed by atoms with Gasteiger partial charge in [0, 0.05) is 18.1 Å². The van der Waals surface area contributed by atoms with Crippen molar-refractivity contribution in [3.05, 3.63) is 30.0 Å². The summed E-state index contributed by atoms with van der Waals surface area (Å²) in [5.74, 6) is -2.45. The highest BCUT2D eigenvalue weighted by molar-refractivity contribution is 5.77. The molecule has 0 aliphatic carbocycles. The lowest BCUT2D eigenvalue weighted by Crippen LogP contribution is -2.07. The van der Waals surface area contributed by atoms with Crippen molar-refractivity contribution >= 4 is 5.88 Å². The van der Waals surface area contributed by atoms with Crippen molar-refractivity contribution in [2.45, 2.75) is 12.8 Å². The molecule has 0 spiro atoms. The van der Waals surface area contributed by atoms with Crippen LogP contribution in [0.4, 0.5) is 14.7 Å². The number of aromatic nitrogens is 1. The third-order valence-electron chi connectivity index (χ3n) is 2.59. The van der Waals surface area contributed by atoms with Crippen LogP contribution in [0, 0.1) is 0 Å². The van der Waals surface area contributed by atoms with Gasteiger partial charge in [0.15, 0.2) is 0 Å². The van der Waals surface area contributed by atoms with E-state index in [1.165, 1.54) is 31.5 Å². The first-order valence-electron chi connectivity index (χ1n) is 5.20. The molecule has 0 bridgehead atoms. The van der Waals surface area contributed by atoms with E-state index < -0.39 is 5.92 Å². The molecule has 0 amide bonds. The molecule has 2 N–H and O–H groups in total. The summed E-state index contributed by atoms with van der Waals surface area (Å²) in [6.45, 7) is 0.829. The van der Waals surface area contributed by atoms with Gasteiger partial charge in [0.05, 0.1) is 18.9 Å². The van der Waals surface area contributed by atoms with Gasteiger partial charge >= 0.3 is 0 Å². The summed E-state index contributed by atoms with van der Waals surface area (Å²) >= 11 is 0. The molecule has 2 rings (SSSR count). The van der Waals surface area contributed by atoms with E-state index in [1.807, 2.05) is 0 Å². The van der Waals surface area contributed by atoms with Gasteiger partial charge in [-0.2, -0.15) is 0 Å². The molecular weight excluding hydrogens is 242 g/mol. The molecule has 1 aromatic carbocycles. The Morgan fingerprint density at radius 2 is 2.06 bits per heavy atom. The number of methoxy groups -OCH3 is 1. The molecule has 1 heterocycles. The predicted octanol–water partition coefficient (Wildman–Crippen LogP) is 3.04. The van der Waals surface area contributed by atoms with E-state index in [0.717, 1.165) is 6.92 Å². The largest absolute Gasteiger partial charge is 0.496 e. The van der Waals surface area contributed by atoms with Crippen LogP contribution in [0.25, 0.3) is 11.1 Å². The lowest BCUT2D eigenvalue weighted by Gasteiger charge is -2.14. The van der Waals surface area contributed by atoms with Crippen LogP contribution in [-0.2, 0) is 5.92 Å². The number of halogens is 2. The van der Waals surface area contributed by atoms with E-state index in [-0.39, 0.29) is 11.4 Å². The minimum absolute atomic E-state index is 0.0601. The highest BCUT2D eigenvalue weighted by atomic mass is 19.3. The fourth-order valence-corrected chi connectivity index (χ4v) is 1.64. The molecule has 96 valence electrons. The Labute approximate surface area is 102 Å². The average molecular weight is 254 g/mol. The van der Waals surface area contributed by atoms with Crippen LogP contribution in [0.15, 0.2) is 28.9 Å². The van der Waals surface area contributed by atoms with Crippen molar-refractivity contribution in [3.63, 3.8) is 0 Å². The van der Waals surface area contributed by atoms with Crippen LogP contribution < -0.4 is 10.5 Å². The normalized spacial score (nSPS) is 11.6. The topological polar surface area (TPSA) is 61.3 Å². The van der Waals surface area contributed by atoms with Crippen LogP contribution in [0.1, 0.15) is 12.5 Å². The molecule has 0 fully saturated rings. The zero-order valence-electron chi connectivity index (χ0n) is 9.91. The number of rotatable bonds is 3. The molecule has 0 radical (unpaired) electrons. The van der Waals surface area contributed by atoms with Crippen LogP contribution in [0.3, 0.4) is 0 Å². The van der Waals surface area contributed by atoms with Gasteiger partial charge in [0.2, 0.25) is 5.88 Å². The summed E-state index contributed by atoms with van der Waals surface area (Å²) in [5, 5.41) is 3.52. The maximum Gasteiger partial charge on any atom is 0.270 e. The molecule has 4 nitrogen and oxygen atoms in total. The van der Waals surface area contributed by atoms with Gasteiger partial charge in [-0.15, -0.1) is 0 Å². The molecule has 6 heteroatoms. The highest BCUT2D eigenvalue weighted by Crippen LogP contribution is 2.38. The Balaban J connectivity index is 2.61. The molecule has 0 saturated heterocycles. The van der Waals surface area contributed by atoms with E-state index in [9.17, 15) is 8.78 Å². The second-order valence-electron chi connectivity index (χ2n) is 3.91. The zero-order valence-corrected chi connectivity index (χ0v) is 9.91. The summed E-state index contributed by atoms with van der Waals surface area (Å²) in [6, 6.07) is 4.10. The number of nitrogens with zero attached hydrogens (tertiary/aromatic N) is 1. The van der Waals surface area contributed by atoms with Gasteiger partial charge in [-0.1, -0.05) is 5.16 Å². The minimum atomic E-state index is -2.94. The molecule has 2 aromatic rings. The van der Waals surface area contributed by atoms with E-state index >= 15 is 0 Å². The summed E-state index contributed by atoms with van der Waals surface area (Å²) in [7, 11) is 1.45. The van der Waals surface area contributed by atoms with Crippen molar-refractivity contribution in [3.8, 4) is 16.9 Å². The van der Waals surface area contributed by atoms with Crippen molar-refractivity contribution in [2.24, 2.45) is 0 Å². The van der Waals surface area contributed by atoms with Crippen LogP contribution in [0.2, 0.25) is 0 Å². The molecule has 1 aromatic heterocycles. The highest BCUT2D eigenvalue weighted by Gasteiger charge is 2.26. The number of nitrogens with two attached hydrogens (primary N) is 1. The quantitative estimate of drug-likeness (QED) is 0.914. The van der Waals surface area contributed by atoms with Gasteiger partial charge < -0.3 is 15.0 Å². The van der Waals surface area contributed by atoms with Gasteiger partial charge in [0.1, 0.15) is 5.75 Å². The van der Waals surface area contributed by atoms with E-state index in [4.69, 9.17) is 15.0 Å². The second-order valence-corrected chi connectivity index (χ2v) is 3.91. The van der Waals surface area contributed by atoms with Gasteiger partial charge in [-0.05, 0) is 18.2 Å². The van der Waals surface area contributed by atoms with E-state index in [1.54, 1.807) is 0 Å². The fourth-order valence-electron chi connectivity index (χ4n) is 1.64. The van der Waals surface area contributed by atoms with Crippen molar-refractivity contribution in [2.75, 3.05) is 12.8 Å². The Morgan fingerprint density at radius 1 is 1.33 bits per heavy atom. The van der Waals surface area contributed by atoms with Crippen LogP contribution in [0.5, 0.6) is 5.75 Å². The number of nitrogen functional groups attached to an aromatic ring is 1. The molecule has 0 atom stereocenters. The molecule has 0 aliphatic rings. The molecule has 0 unspecified atom stereocenters. The van der Waals surface area contributed by atoms with Crippen molar-refractivity contribution in [1.29, 1.82) is 0 Å². The summed E-state index contributed by atoms with van der Waals surface area (Å²) < 4.78 is 36.5. The maximum atomic E-state index is 13.3. The first-order chi connectivity index (χ1) is 8.43. The summed E-state index contributed by atoms with van der Waals surface area (Å²) in [4.78, 5) is 0. The number of benzene rings is 1. The monoisotopic (exact) mass is 254 g/mol. The van der Waals surface area contributed by atoms with Gasteiger partial charge in [-0.3, -0.25) is 0 Å². The molecule has 0 aliphatic heterocycles. The summed E-state index contributed by atoms with van der Waals surface area (Å²) in [6.07, 6.45) is 1.37. The number of ether oxygens (including phenoxy) is 1. The van der Waals surface area contributed by atoms with E-state index in [0.29, 0.717) is 16.9 Å². The number of hydrogen-bond donors (Lipinski definition) is 1. The molecular formula is C12H12F2N2O2. The third kappa shape index (κ3) is 2.13. The summed E-state index contributed by atoms with van der Waals surface area (Å²) in [5.41, 5.74) is 6.31. The Hall–Kier alpha value is -2.11. The average Bonchev–Trinajstić information content (AvgIpc) is 2.73. The van der Waals surface area contributed by atoms with Crippen molar-refractivity contribution < 1.29 is 18.0 Å². The molecule has 18 heavy (non-hydrogen) atoms. The number of hydrogen-bond acceptors (Lipinski definition) is 4. The predicted molar refractivity (Wildman–Crippen MR) is 62.5 cm³/mol. The number of alkyl halides is 2. The van der Waals surface area contributed by atoms with Gasteiger partial charge in [0.25, 0.3) is 5.92 Å². The van der Waals surface area contributed by atoms with Crippen LogP contribution in [-0.4, -0.2) is 12.3 Å². The van der Waals surface area contributed by atoms with Gasteiger partial charge in [-0.25, -0.2) is 8.78 Å². The smallest absolute Gasteiger partial charge is 0.270 e. The first-order valence-corrected chi connectivity index (χ1v) is 5.20. The number of anilines is 1. The SMILES string of the molecule is COc1ccc(C(C)(F)F)cc1-c1cnoc1N. The van der Waals surface area contributed by atoms with E-state index in [2.05, 4.69) is 5.16 Å². The lowest BCUT2D eigenvalue weighted by atomic mass is 10.0. The standard InChI is InChI=1S/C12H12F2N2O2/c1-12(13,14)7-3-4-10(17-2)8(5-7)9-6-16-18-11(9)15/h3-6H,15H2,1-2H3. The second kappa shape index (κ2) is 4.29. The fraction of sp³-hybridized carbons (Fsp3) is 0.250. The molecule has 0 saturated carbocycles. The lowest BCUT2D eigenvalue weighted by molar-refractivity contribution is 0.0175. The Morgan fingerprint density at radius 3 is 2.56 bits per heavy atom. The Kier molecular flexibility index (Phi) is 2.94. The van der Waals surface area contributed by atoms with Crippen molar-refractivity contribution in [1.82, 2.24) is 5.16 Å².